The molecule has 28 heavy (non-hydrogen) atoms. The predicted octanol–water partition coefficient (Wildman–Crippen LogP) is 4.02. The zero-order valence-electron chi connectivity index (χ0n) is 15.6. The fraction of sp³-hybridized carbons (Fsp3) is 0.421. The van der Waals surface area contributed by atoms with Crippen LogP contribution < -0.4 is 10.1 Å². The van der Waals surface area contributed by atoms with Crippen LogP contribution in [0.5, 0.6) is 5.88 Å². The molecule has 0 amide bonds. The Morgan fingerprint density at radius 1 is 1.29 bits per heavy atom. The summed E-state index contributed by atoms with van der Waals surface area (Å²) in [5.74, 6) is -0.507. The molecule has 9 heteroatoms. The van der Waals surface area contributed by atoms with Gasteiger partial charge in [0.25, 0.3) is 5.88 Å². The van der Waals surface area contributed by atoms with Crippen molar-refractivity contribution in [3.63, 3.8) is 0 Å². The summed E-state index contributed by atoms with van der Waals surface area (Å²) < 4.78 is 10.8. The van der Waals surface area contributed by atoms with Crippen LogP contribution in [0.4, 0.5) is 17.2 Å². The summed E-state index contributed by atoms with van der Waals surface area (Å²) in [6.45, 7) is 1.98. The van der Waals surface area contributed by atoms with Crippen molar-refractivity contribution in [2.45, 2.75) is 45.1 Å². The molecule has 0 unspecified atom stereocenters. The fourth-order valence-corrected chi connectivity index (χ4v) is 3.12. The molecule has 9 nitrogen and oxygen atoms in total. The Morgan fingerprint density at radius 3 is 2.79 bits per heavy atom. The van der Waals surface area contributed by atoms with Crippen LogP contribution in [0.15, 0.2) is 30.6 Å². The predicted molar refractivity (Wildman–Crippen MR) is 102 cm³/mol. The van der Waals surface area contributed by atoms with Crippen LogP contribution in [-0.2, 0) is 4.74 Å². The second kappa shape index (κ2) is 9.12. The Kier molecular flexibility index (Phi) is 6.36. The Morgan fingerprint density at radius 2 is 2.07 bits per heavy atom. The first-order valence-corrected chi connectivity index (χ1v) is 9.28. The van der Waals surface area contributed by atoms with E-state index in [0.29, 0.717) is 11.3 Å². The van der Waals surface area contributed by atoms with Crippen LogP contribution in [0.1, 0.15) is 49.4 Å². The topological polar surface area (TPSA) is 116 Å². The quantitative estimate of drug-likeness (QED) is 0.431. The number of hydrogen-bond donors (Lipinski definition) is 1. The summed E-state index contributed by atoms with van der Waals surface area (Å²) in [6, 6.07) is 6.48. The van der Waals surface area contributed by atoms with E-state index in [1.807, 2.05) is 0 Å². The molecule has 0 radical (unpaired) electrons. The van der Waals surface area contributed by atoms with Gasteiger partial charge in [-0.2, -0.15) is 4.98 Å². The maximum atomic E-state index is 11.9. The first-order chi connectivity index (χ1) is 13.6. The molecule has 0 saturated heterocycles. The molecule has 1 fully saturated rings. The van der Waals surface area contributed by atoms with E-state index in [0.717, 1.165) is 32.1 Å². The number of nitrogens with one attached hydrogen (secondary N) is 1. The van der Waals surface area contributed by atoms with Crippen LogP contribution in [0, 0.1) is 10.1 Å². The molecule has 1 N–H and O–H groups in total. The number of rotatable bonds is 7. The van der Waals surface area contributed by atoms with Crippen molar-refractivity contribution in [3.8, 4) is 5.88 Å². The number of carbonyl (C=O) groups excluding carboxylic acids is 1. The van der Waals surface area contributed by atoms with Crippen molar-refractivity contribution in [1.29, 1.82) is 0 Å². The Balaban J connectivity index is 1.85. The number of aromatic nitrogens is 2. The third-order valence-electron chi connectivity index (χ3n) is 4.44. The van der Waals surface area contributed by atoms with Gasteiger partial charge in [-0.3, -0.25) is 10.1 Å². The molecule has 1 aromatic heterocycles. The van der Waals surface area contributed by atoms with Gasteiger partial charge < -0.3 is 14.8 Å². The average Bonchev–Trinajstić information content (AvgIpc) is 2.69. The monoisotopic (exact) mass is 386 g/mol. The zero-order valence-corrected chi connectivity index (χ0v) is 15.6. The van der Waals surface area contributed by atoms with Crippen LogP contribution >= 0.6 is 0 Å². The molecule has 1 saturated carbocycles. The second-order valence-corrected chi connectivity index (χ2v) is 6.44. The third kappa shape index (κ3) is 4.73. The number of carbonyl (C=O) groups is 1. The van der Waals surface area contributed by atoms with Crippen molar-refractivity contribution in [1.82, 2.24) is 9.97 Å². The SMILES string of the molecule is CCOC(=O)c1cccc(Nc2ncnc(OC3CCCCC3)c2[N+](=O)[O-])c1. The number of anilines is 2. The van der Waals surface area contributed by atoms with Gasteiger partial charge in [-0.15, -0.1) is 0 Å². The number of nitro groups is 1. The first-order valence-electron chi connectivity index (χ1n) is 9.28. The van der Waals surface area contributed by atoms with E-state index in [1.54, 1.807) is 31.2 Å². The molecular formula is C19H22N4O5. The molecule has 3 rings (SSSR count). The van der Waals surface area contributed by atoms with Gasteiger partial charge >= 0.3 is 11.7 Å². The van der Waals surface area contributed by atoms with Crippen molar-refractivity contribution in [2.24, 2.45) is 0 Å². The van der Waals surface area contributed by atoms with Gasteiger partial charge in [0.1, 0.15) is 12.4 Å². The molecular weight excluding hydrogens is 364 g/mol. The lowest BCUT2D eigenvalue weighted by Crippen LogP contribution is -2.21. The van der Waals surface area contributed by atoms with E-state index in [9.17, 15) is 14.9 Å². The van der Waals surface area contributed by atoms with E-state index in [4.69, 9.17) is 9.47 Å². The van der Waals surface area contributed by atoms with Crippen LogP contribution in [-0.4, -0.2) is 33.6 Å². The van der Waals surface area contributed by atoms with E-state index >= 15 is 0 Å². The van der Waals surface area contributed by atoms with Crippen molar-refractivity contribution >= 4 is 23.2 Å². The molecule has 1 aliphatic carbocycles. The van der Waals surface area contributed by atoms with Gasteiger partial charge in [0.15, 0.2) is 0 Å². The summed E-state index contributed by atoms with van der Waals surface area (Å²) in [4.78, 5) is 31.0. The zero-order chi connectivity index (χ0) is 19.9. The minimum Gasteiger partial charge on any atom is -0.469 e. The molecule has 0 bridgehead atoms. The molecule has 0 atom stereocenters. The summed E-state index contributed by atoms with van der Waals surface area (Å²) >= 11 is 0. The Bertz CT molecular complexity index is 852. The summed E-state index contributed by atoms with van der Waals surface area (Å²) in [6.07, 6.45) is 6.07. The average molecular weight is 386 g/mol. The lowest BCUT2D eigenvalue weighted by Gasteiger charge is -2.22. The van der Waals surface area contributed by atoms with E-state index in [2.05, 4.69) is 15.3 Å². The lowest BCUT2D eigenvalue weighted by atomic mass is 9.98. The number of nitrogens with zero attached hydrogens (tertiary/aromatic N) is 3. The summed E-state index contributed by atoms with van der Waals surface area (Å²) in [7, 11) is 0. The van der Waals surface area contributed by atoms with Gasteiger partial charge in [-0.05, 0) is 50.8 Å². The van der Waals surface area contributed by atoms with Gasteiger partial charge in [-0.1, -0.05) is 12.5 Å². The molecule has 148 valence electrons. The molecule has 1 aromatic carbocycles. The third-order valence-corrected chi connectivity index (χ3v) is 4.44. The van der Waals surface area contributed by atoms with Gasteiger partial charge in [0.2, 0.25) is 5.82 Å². The number of benzene rings is 1. The smallest absolute Gasteiger partial charge is 0.373 e. The number of esters is 1. The van der Waals surface area contributed by atoms with Crippen molar-refractivity contribution < 1.29 is 19.2 Å². The molecule has 1 heterocycles. The molecule has 0 aliphatic heterocycles. The van der Waals surface area contributed by atoms with Crippen molar-refractivity contribution in [2.75, 3.05) is 11.9 Å². The van der Waals surface area contributed by atoms with Gasteiger partial charge in [0.05, 0.1) is 17.1 Å². The normalized spacial score (nSPS) is 14.3. The van der Waals surface area contributed by atoms with Crippen molar-refractivity contribution in [3.05, 3.63) is 46.3 Å². The van der Waals surface area contributed by atoms with Crippen LogP contribution in [0.2, 0.25) is 0 Å². The Hall–Kier alpha value is -3.23. The molecule has 2 aromatic rings. The minimum absolute atomic E-state index is 0.00631. The largest absolute Gasteiger partial charge is 0.469 e. The van der Waals surface area contributed by atoms with E-state index < -0.39 is 10.9 Å². The van der Waals surface area contributed by atoms with Gasteiger partial charge in [-0.25, -0.2) is 9.78 Å². The summed E-state index contributed by atoms with van der Waals surface area (Å²) in [5.41, 5.74) is 0.479. The number of ether oxygens (including phenoxy) is 2. The maximum absolute atomic E-state index is 11.9. The molecule has 1 aliphatic rings. The highest BCUT2D eigenvalue weighted by Gasteiger charge is 2.27. The maximum Gasteiger partial charge on any atom is 0.373 e. The van der Waals surface area contributed by atoms with Crippen LogP contribution in [0.25, 0.3) is 0 Å². The highest BCUT2D eigenvalue weighted by atomic mass is 16.6. The highest BCUT2D eigenvalue weighted by molar-refractivity contribution is 5.90. The highest BCUT2D eigenvalue weighted by Crippen LogP contribution is 2.35. The van der Waals surface area contributed by atoms with Gasteiger partial charge in [0, 0.05) is 5.69 Å². The van der Waals surface area contributed by atoms with Crippen LogP contribution in [0.3, 0.4) is 0 Å². The number of hydrogen-bond acceptors (Lipinski definition) is 8. The standard InChI is InChI=1S/C19H22N4O5/c1-2-27-19(24)13-7-6-8-14(11-13)22-17-16(23(25)26)18(21-12-20-17)28-15-9-4-3-5-10-15/h6-8,11-12,15H,2-5,9-10H2,1H3,(H,20,21,22). The lowest BCUT2D eigenvalue weighted by molar-refractivity contribution is -0.385. The van der Waals surface area contributed by atoms with E-state index in [1.165, 1.54) is 6.33 Å². The fourth-order valence-electron chi connectivity index (χ4n) is 3.12. The van der Waals surface area contributed by atoms with E-state index in [-0.39, 0.29) is 30.1 Å². The molecule has 0 spiro atoms. The second-order valence-electron chi connectivity index (χ2n) is 6.44. The first kappa shape index (κ1) is 19.5. The minimum atomic E-state index is -0.560. The Labute approximate surface area is 162 Å². The summed E-state index contributed by atoms with van der Waals surface area (Å²) in [5, 5.41) is 14.6.